The molecule has 1 aliphatic rings. The molecule has 0 amide bonds. The average molecular weight is 406 g/mol. The predicted octanol–water partition coefficient (Wildman–Crippen LogP) is 2.67. The molecular weight excluding hydrogens is 374 g/mol. The second-order valence-corrected chi connectivity index (χ2v) is 8.59. The molecule has 1 fully saturated rings. The third kappa shape index (κ3) is 5.01. The number of aromatic nitrogens is 3. The van der Waals surface area contributed by atoms with Gasteiger partial charge in [0.05, 0.1) is 6.20 Å². The fourth-order valence-electron chi connectivity index (χ4n) is 2.92. The van der Waals surface area contributed by atoms with Crippen molar-refractivity contribution in [2.45, 2.75) is 53.0 Å². The first-order valence-corrected chi connectivity index (χ1v) is 10.7. The van der Waals surface area contributed by atoms with Crippen molar-refractivity contribution in [2.75, 3.05) is 37.6 Å². The van der Waals surface area contributed by atoms with Gasteiger partial charge in [-0.15, -0.1) is 0 Å². The third-order valence-corrected chi connectivity index (χ3v) is 5.43. The van der Waals surface area contributed by atoms with Gasteiger partial charge in [-0.2, -0.15) is 4.37 Å². The van der Waals surface area contributed by atoms with Gasteiger partial charge in [0.1, 0.15) is 18.1 Å². The molecule has 154 valence electrons. The Kier molecular flexibility index (Phi) is 6.53. The van der Waals surface area contributed by atoms with E-state index >= 15 is 0 Å². The van der Waals surface area contributed by atoms with Gasteiger partial charge in [-0.05, 0) is 6.92 Å². The van der Waals surface area contributed by atoms with Crippen LogP contribution < -0.4 is 10.2 Å². The van der Waals surface area contributed by atoms with E-state index in [0.29, 0.717) is 12.4 Å². The van der Waals surface area contributed by atoms with Crippen LogP contribution in [0.2, 0.25) is 0 Å². The van der Waals surface area contributed by atoms with Gasteiger partial charge >= 0.3 is 0 Å². The summed E-state index contributed by atoms with van der Waals surface area (Å²) in [5.74, 6) is 3.38. The summed E-state index contributed by atoms with van der Waals surface area (Å²) in [6, 6.07) is 0. The highest BCUT2D eigenvalue weighted by Gasteiger charge is 2.23. The Hall–Kier alpha value is -2.16. The quantitative estimate of drug-likeness (QED) is 0.605. The number of aryl methyl sites for hydroxylation is 1. The zero-order chi connectivity index (χ0) is 20.1. The van der Waals surface area contributed by atoms with Gasteiger partial charge in [-0.25, -0.2) is 15.0 Å². The van der Waals surface area contributed by atoms with Crippen LogP contribution in [-0.2, 0) is 18.4 Å². The predicted molar refractivity (Wildman–Crippen MR) is 113 cm³/mol. The molecule has 0 aromatic carbocycles. The van der Waals surface area contributed by atoms with Gasteiger partial charge in [0.15, 0.2) is 5.96 Å². The second kappa shape index (κ2) is 8.89. The lowest BCUT2D eigenvalue weighted by Crippen LogP contribution is -2.52. The van der Waals surface area contributed by atoms with E-state index in [0.717, 1.165) is 61.8 Å². The van der Waals surface area contributed by atoms with Crippen LogP contribution in [0.25, 0.3) is 0 Å². The summed E-state index contributed by atoms with van der Waals surface area (Å²) in [6.45, 7) is 15.4. The topological polar surface area (TPSA) is 82.7 Å². The standard InChI is InChI=1S/C19H31N7OS/c1-6-15-23-18(28-24-15)26-10-8-25(9-11-26)17(20-7-2)22-13-16-21-12-14(27-16)19(3,4)5/h12H,6-11,13H2,1-5H3,(H,20,22). The van der Waals surface area contributed by atoms with Crippen LogP contribution >= 0.6 is 11.5 Å². The molecule has 0 unspecified atom stereocenters. The zero-order valence-corrected chi connectivity index (χ0v) is 18.3. The van der Waals surface area contributed by atoms with Gasteiger partial charge in [0.2, 0.25) is 11.0 Å². The maximum absolute atomic E-state index is 5.87. The molecule has 0 aliphatic carbocycles. The maximum atomic E-state index is 5.87. The minimum Gasteiger partial charge on any atom is -0.443 e. The summed E-state index contributed by atoms with van der Waals surface area (Å²) in [4.78, 5) is 18.3. The number of piperazine rings is 1. The van der Waals surface area contributed by atoms with Gasteiger partial charge in [-0.1, -0.05) is 27.7 Å². The molecule has 8 nitrogen and oxygen atoms in total. The van der Waals surface area contributed by atoms with E-state index in [1.165, 1.54) is 11.5 Å². The molecule has 2 aromatic heterocycles. The summed E-state index contributed by atoms with van der Waals surface area (Å²) in [6.07, 6.45) is 2.69. The number of aliphatic imine (C=N–C) groups is 1. The monoisotopic (exact) mass is 405 g/mol. The Morgan fingerprint density at radius 2 is 2.00 bits per heavy atom. The highest BCUT2D eigenvalue weighted by molar-refractivity contribution is 7.09. The third-order valence-electron chi connectivity index (χ3n) is 4.62. The van der Waals surface area contributed by atoms with E-state index in [1.807, 2.05) is 6.20 Å². The molecular formula is C19H31N7OS. The molecule has 0 radical (unpaired) electrons. The maximum Gasteiger partial charge on any atom is 0.216 e. The van der Waals surface area contributed by atoms with Crippen molar-refractivity contribution < 1.29 is 4.42 Å². The molecule has 0 saturated carbocycles. The lowest BCUT2D eigenvalue weighted by Gasteiger charge is -2.36. The number of anilines is 1. The van der Waals surface area contributed by atoms with Crippen LogP contribution in [0.15, 0.2) is 15.6 Å². The van der Waals surface area contributed by atoms with E-state index in [2.05, 4.69) is 64.1 Å². The normalized spacial score (nSPS) is 16.0. The summed E-state index contributed by atoms with van der Waals surface area (Å²) in [7, 11) is 0. The van der Waals surface area contributed by atoms with Gasteiger partial charge in [0, 0.05) is 56.1 Å². The number of guanidine groups is 1. The van der Waals surface area contributed by atoms with Crippen LogP contribution in [0.3, 0.4) is 0 Å². The smallest absolute Gasteiger partial charge is 0.216 e. The van der Waals surface area contributed by atoms with Crippen molar-refractivity contribution in [1.82, 2.24) is 24.6 Å². The SMILES string of the molecule is CCNC(=NCc1ncc(C(C)(C)C)o1)N1CCN(c2nc(CC)ns2)CC1. The fraction of sp³-hybridized carbons (Fsp3) is 0.684. The van der Waals surface area contributed by atoms with E-state index in [9.17, 15) is 0 Å². The molecule has 3 heterocycles. The fourth-order valence-corrected chi connectivity index (χ4v) is 3.73. The van der Waals surface area contributed by atoms with E-state index < -0.39 is 0 Å². The van der Waals surface area contributed by atoms with Crippen molar-refractivity contribution in [3.8, 4) is 0 Å². The minimum atomic E-state index is -0.0435. The van der Waals surface area contributed by atoms with Crippen molar-refractivity contribution in [1.29, 1.82) is 0 Å². The number of rotatable bonds is 5. The van der Waals surface area contributed by atoms with Crippen LogP contribution in [0.5, 0.6) is 0 Å². The molecule has 1 saturated heterocycles. The van der Waals surface area contributed by atoms with E-state index in [1.54, 1.807) is 0 Å². The average Bonchev–Trinajstić information content (AvgIpc) is 3.34. The van der Waals surface area contributed by atoms with Crippen molar-refractivity contribution in [2.24, 2.45) is 4.99 Å². The zero-order valence-electron chi connectivity index (χ0n) is 17.5. The highest BCUT2D eigenvalue weighted by Crippen LogP contribution is 2.23. The number of oxazole rings is 1. The minimum absolute atomic E-state index is 0.0435. The Bertz CT molecular complexity index is 784. The first-order valence-electron chi connectivity index (χ1n) is 9.96. The van der Waals surface area contributed by atoms with Crippen molar-refractivity contribution in [3.63, 3.8) is 0 Å². The molecule has 1 N–H and O–H groups in total. The van der Waals surface area contributed by atoms with Crippen molar-refractivity contribution >= 4 is 22.6 Å². The molecule has 0 atom stereocenters. The molecule has 28 heavy (non-hydrogen) atoms. The number of hydrogen-bond donors (Lipinski definition) is 1. The van der Waals surface area contributed by atoms with Gasteiger partial charge in [-0.3, -0.25) is 0 Å². The Morgan fingerprint density at radius 1 is 1.25 bits per heavy atom. The van der Waals surface area contributed by atoms with Crippen molar-refractivity contribution in [3.05, 3.63) is 23.7 Å². The van der Waals surface area contributed by atoms with Gasteiger partial charge < -0.3 is 19.5 Å². The summed E-state index contributed by atoms with van der Waals surface area (Å²) in [5.41, 5.74) is -0.0435. The van der Waals surface area contributed by atoms with Crippen LogP contribution in [0, 0.1) is 0 Å². The summed E-state index contributed by atoms with van der Waals surface area (Å²) < 4.78 is 10.3. The second-order valence-electron chi connectivity index (χ2n) is 7.86. The van der Waals surface area contributed by atoms with E-state index in [4.69, 9.17) is 9.41 Å². The van der Waals surface area contributed by atoms with Crippen LogP contribution in [0.1, 0.15) is 52.1 Å². The summed E-state index contributed by atoms with van der Waals surface area (Å²) >= 11 is 1.49. The molecule has 1 aliphatic heterocycles. The highest BCUT2D eigenvalue weighted by atomic mass is 32.1. The molecule has 0 spiro atoms. The summed E-state index contributed by atoms with van der Waals surface area (Å²) in [5, 5.41) is 4.41. The molecule has 9 heteroatoms. The molecule has 2 aromatic rings. The molecule has 3 rings (SSSR count). The number of nitrogens with one attached hydrogen (secondary N) is 1. The van der Waals surface area contributed by atoms with E-state index in [-0.39, 0.29) is 5.41 Å². The van der Waals surface area contributed by atoms with Crippen LogP contribution in [-0.4, -0.2) is 57.9 Å². The first-order chi connectivity index (χ1) is 13.4. The Labute approximate surface area is 171 Å². The van der Waals surface area contributed by atoms with Crippen LogP contribution in [0.4, 0.5) is 5.13 Å². The largest absolute Gasteiger partial charge is 0.443 e. The molecule has 0 bridgehead atoms. The lowest BCUT2D eigenvalue weighted by atomic mass is 9.94. The Morgan fingerprint density at radius 3 is 2.57 bits per heavy atom. The van der Waals surface area contributed by atoms with Gasteiger partial charge in [0.25, 0.3) is 0 Å². The number of hydrogen-bond acceptors (Lipinski definition) is 7. The Balaban J connectivity index is 1.61. The number of nitrogens with zero attached hydrogens (tertiary/aromatic N) is 6. The first kappa shape index (κ1) is 20.6. The lowest BCUT2D eigenvalue weighted by molar-refractivity contribution is 0.366.